The summed E-state index contributed by atoms with van der Waals surface area (Å²) in [5, 5.41) is 0. The Morgan fingerprint density at radius 3 is 2.50 bits per heavy atom. The van der Waals surface area contributed by atoms with Crippen molar-refractivity contribution in [1.82, 2.24) is 9.97 Å². The van der Waals surface area contributed by atoms with Crippen LogP contribution in [0.5, 0.6) is 0 Å². The monoisotopic (exact) mass is 192 g/mol. The first kappa shape index (κ1) is 9.44. The smallest absolute Gasteiger partial charge is 0.254 e. The van der Waals surface area contributed by atoms with E-state index < -0.39 is 0 Å². The molecule has 1 N–H and O–H groups in total. The Bertz CT molecular complexity index is 389. The predicted octanol–water partition coefficient (Wildman–Crippen LogP) is 2.04. The maximum atomic E-state index is 11.5. The second-order valence-electron chi connectivity index (χ2n) is 4.14. The van der Waals surface area contributed by atoms with Gasteiger partial charge in [0.1, 0.15) is 5.82 Å². The highest BCUT2D eigenvalue weighted by atomic mass is 16.1. The molecule has 76 valence electrons. The largest absolute Gasteiger partial charge is 0.310 e. The lowest BCUT2D eigenvalue weighted by atomic mass is 10.1. The van der Waals surface area contributed by atoms with Gasteiger partial charge in [-0.2, -0.15) is 0 Å². The molecule has 0 aromatic carbocycles. The molecule has 1 aromatic rings. The van der Waals surface area contributed by atoms with Crippen LogP contribution in [-0.2, 0) is 0 Å². The molecule has 0 atom stereocenters. The Morgan fingerprint density at radius 2 is 1.93 bits per heavy atom. The van der Waals surface area contributed by atoms with Crippen LogP contribution in [0.3, 0.4) is 0 Å². The molecule has 1 fully saturated rings. The van der Waals surface area contributed by atoms with Crippen molar-refractivity contribution in [1.29, 1.82) is 0 Å². The van der Waals surface area contributed by atoms with Crippen LogP contribution in [0.1, 0.15) is 48.7 Å². The number of hydrogen-bond acceptors (Lipinski definition) is 2. The normalized spacial score (nSPS) is 17.6. The molecule has 0 amide bonds. The summed E-state index contributed by atoms with van der Waals surface area (Å²) < 4.78 is 0. The molecule has 0 radical (unpaired) electrons. The Kier molecular flexibility index (Phi) is 2.40. The fourth-order valence-electron chi connectivity index (χ4n) is 2.06. The zero-order chi connectivity index (χ0) is 10.1. The Hall–Kier alpha value is -1.12. The number of aromatic amines is 1. The van der Waals surface area contributed by atoms with Crippen LogP contribution in [0.2, 0.25) is 0 Å². The summed E-state index contributed by atoms with van der Waals surface area (Å²) in [5.41, 5.74) is 1.64. The minimum Gasteiger partial charge on any atom is -0.310 e. The van der Waals surface area contributed by atoms with E-state index >= 15 is 0 Å². The lowest BCUT2D eigenvalue weighted by Crippen LogP contribution is -2.17. The lowest BCUT2D eigenvalue weighted by Gasteiger charge is -2.09. The summed E-state index contributed by atoms with van der Waals surface area (Å²) in [6.45, 7) is 3.72. The van der Waals surface area contributed by atoms with Crippen LogP contribution in [0.4, 0.5) is 0 Å². The van der Waals surface area contributed by atoms with Crippen LogP contribution >= 0.6 is 0 Å². The van der Waals surface area contributed by atoms with Gasteiger partial charge >= 0.3 is 0 Å². The van der Waals surface area contributed by atoms with Gasteiger partial charge in [0, 0.05) is 17.2 Å². The van der Waals surface area contributed by atoms with Gasteiger partial charge in [-0.05, 0) is 26.7 Å². The second kappa shape index (κ2) is 3.56. The first-order chi connectivity index (χ1) is 6.68. The number of H-pyrrole nitrogens is 1. The summed E-state index contributed by atoms with van der Waals surface area (Å²) >= 11 is 0. The standard InChI is InChI=1S/C11H16N2O/c1-7-8(2)12-10(13-11(7)14)9-5-3-4-6-9/h9H,3-6H2,1-2H3,(H,12,13,14). The molecule has 3 heteroatoms. The molecule has 1 aliphatic carbocycles. The van der Waals surface area contributed by atoms with Gasteiger partial charge in [0.2, 0.25) is 0 Å². The van der Waals surface area contributed by atoms with Crippen LogP contribution < -0.4 is 5.56 Å². The number of rotatable bonds is 1. The maximum absolute atomic E-state index is 11.5. The topological polar surface area (TPSA) is 45.8 Å². The van der Waals surface area contributed by atoms with E-state index in [9.17, 15) is 4.79 Å². The summed E-state index contributed by atoms with van der Waals surface area (Å²) in [6.07, 6.45) is 4.87. The van der Waals surface area contributed by atoms with E-state index in [0.29, 0.717) is 5.92 Å². The van der Waals surface area contributed by atoms with Crippen molar-refractivity contribution in [2.24, 2.45) is 0 Å². The van der Waals surface area contributed by atoms with Crippen LogP contribution in [0.25, 0.3) is 0 Å². The van der Waals surface area contributed by atoms with Gasteiger partial charge in [0.25, 0.3) is 5.56 Å². The van der Waals surface area contributed by atoms with E-state index in [4.69, 9.17) is 0 Å². The molecular weight excluding hydrogens is 176 g/mol. The Balaban J connectivity index is 2.39. The highest BCUT2D eigenvalue weighted by molar-refractivity contribution is 5.15. The number of nitrogens with one attached hydrogen (secondary N) is 1. The molecule has 14 heavy (non-hydrogen) atoms. The summed E-state index contributed by atoms with van der Waals surface area (Å²) in [4.78, 5) is 18.9. The van der Waals surface area contributed by atoms with E-state index in [-0.39, 0.29) is 5.56 Å². The predicted molar refractivity (Wildman–Crippen MR) is 55.5 cm³/mol. The molecule has 1 aromatic heterocycles. The van der Waals surface area contributed by atoms with E-state index in [0.717, 1.165) is 17.1 Å². The molecule has 1 aliphatic rings. The van der Waals surface area contributed by atoms with Crippen molar-refractivity contribution in [3.8, 4) is 0 Å². The number of aryl methyl sites for hydroxylation is 1. The molecule has 3 nitrogen and oxygen atoms in total. The van der Waals surface area contributed by atoms with Gasteiger partial charge in [0.15, 0.2) is 0 Å². The summed E-state index contributed by atoms with van der Waals surface area (Å²) in [6, 6.07) is 0. The van der Waals surface area contributed by atoms with Crippen molar-refractivity contribution < 1.29 is 0 Å². The lowest BCUT2D eigenvalue weighted by molar-refractivity contribution is 0.657. The molecule has 0 bridgehead atoms. The van der Waals surface area contributed by atoms with E-state index in [1.807, 2.05) is 13.8 Å². The van der Waals surface area contributed by atoms with Gasteiger partial charge in [-0.15, -0.1) is 0 Å². The average Bonchev–Trinajstić information content (AvgIpc) is 2.66. The first-order valence-electron chi connectivity index (χ1n) is 5.26. The zero-order valence-electron chi connectivity index (χ0n) is 8.76. The second-order valence-corrected chi connectivity index (χ2v) is 4.14. The third-order valence-corrected chi connectivity index (χ3v) is 3.15. The highest BCUT2D eigenvalue weighted by Gasteiger charge is 2.19. The quantitative estimate of drug-likeness (QED) is 0.740. The maximum Gasteiger partial charge on any atom is 0.254 e. The minimum absolute atomic E-state index is 0.0272. The molecule has 0 unspecified atom stereocenters. The van der Waals surface area contributed by atoms with Crippen molar-refractivity contribution >= 4 is 0 Å². The SMILES string of the molecule is Cc1nc(C2CCCC2)[nH]c(=O)c1C. The molecule has 1 saturated carbocycles. The number of nitrogens with zero attached hydrogens (tertiary/aromatic N) is 1. The van der Waals surface area contributed by atoms with Crippen LogP contribution in [-0.4, -0.2) is 9.97 Å². The molecule has 1 heterocycles. The number of hydrogen-bond donors (Lipinski definition) is 1. The summed E-state index contributed by atoms with van der Waals surface area (Å²) in [5.74, 6) is 1.39. The fraction of sp³-hybridized carbons (Fsp3) is 0.636. The molecule has 0 aliphatic heterocycles. The van der Waals surface area contributed by atoms with Crippen molar-refractivity contribution in [3.05, 3.63) is 27.4 Å². The van der Waals surface area contributed by atoms with Crippen molar-refractivity contribution in [3.63, 3.8) is 0 Å². The molecule has 2 rings (SSSR count). The van der Waals surface area contributed by atoms with E-state index in [1.165, 1.54) is 25.7 Å². The van der Waals surface area contributed by atoms with E-state index in [1.54, 1.807) is 0 Å². The van der Waals surface area contributed by atoms with Gasteiger partial charge < -0.3 is 4.98 Å². The van der Waals surface area contributed by atoms with E-state index in [2.05, 4.69) is 9.97 Å². The third-order valence-electron chi connectivity index (χ3n) is 3.15. The first-order valence-corrected chi connectivity index (χ1v) is 5.26. The van der Waals surface area contributed by atoms with Crippen molar-refractivity contribution in [2.45, 2.75) is 45.4 Å². The third kappa shape index (κ3) is 1.59. The zero-order valence-corrected chi connectivity index (χ0v) is 8.76. The van der Waals surface area contributed by atoms with Gasteiger partial charge in [-0.1, -0.05) is 12.8 Å². The summed E-state index contributed by atoms with van der Waals surface area (Å²) in [7, 11) is 0. The minimum atomic E-state index is 0.0272. The fourth-order valence-corrected chi connectivity index (χ4v) is 2.06. The highest BCUT2D eigenvalue weighted by Crippen LogP contribution is 2.31. The van der Waals surface area contributed by atoms with Crippen LogP contribution in [0.15, 0.2) is 4.79 Å². The van der Waals surface area contributed by atoms with Crippen LogP contribution in [0, 0.1) is 13.8 Å². The molecule has 0 spiro atoms. The Labute approximate surface area is 83.6 Å². The molecule has 0 saturated heterocycles. The number of aromatic nitrogens is 2. The van der Waals surface area contributed by atoms with Gasteiger partial charge in [0.05, 0.1) is 0 Å². The average molecular weight is 192 g/mol. The Morgan fingerprint density at radius 1 is 1.29 bits per heavy atom. The van der Waals surface area contributed by atoms with Crippen molar-refractivity contribution in [2.75, 3.05) is 0 Å². The van der Waals surface area contributed by atoms with Gasteiger partial charge in [-0.3, -0.25) is 4.79 Å². The molecular formula is C11H16N2O. The van der Waals surface area contributed by atoms with Gasteiger partial charge in [-0.25, -0.2) is 4.98 Å².